The zero-order chi connectivity index (χ0) is 21.1. The van der Waals surface area contributed by atoms with Gasteiger partial charge in [0.15, 0.2) is 0 Å². The molecule has 3 atom stereocenters. The van der Waals surface area contributed by atoms with Gasteiger partial charge < -0.3 is 4.74 Å². The molecule has 2 rings (SSSR count). The third-order valence-corrected chi connectivity index (χ3v) is 6.80. The van der Waals surface area contributed by atoms with E-state index in [-0.39, 0.29) is 6.10 Å². The maximum Gasteiger partial charge on any atom is 0.223 e. The summed E-state index contributed by atoms with van der Waals surface area (Å²) in [4.78, 5) is 11.5. The molecule has 0 spiro atoms. The highest BCUT2D eigenvalue weighted by Gasteiger charge is 2.28. The minimum Gasteiger partial charge on any atom is -0.474 e. The number of rotatable bonds is 8. The van der Waals surface area contributed by atoms with Gasteiger partial charge in [-0.15, -0.1) is 0 Å². The summed E-state index contributed by atoms with van der Waals surface area (Å²) in [6.07, 6.45) is 4.89. The molecule has 152 valence electrons. The molecular weight excluding hydrogens is 402 g/mol. The molecule has 0 fully saturated rings. The quantitative estimate of drug-likeness (QED) is 0.260. The zero-order valence-corrected chi connectivity index (χ0v) is 18.1. The van der Waals surface area contributed by atoms with E-state index in [0.29, 0.717) is 29.3 Å². The van der Waals surface area contributed by atoms with Crippen molar-refractivity contribution in [1.29, 1.82) is 0 Å². The first-order valence-corrected chi connectivity index (χ1v) is 11.2. The highest BCUT2D eigenvalue weighted by molar-refractivity contribution is 7.91. The molecule has 0 unspecified atom stereocenters. The van der Waals surface area contributed by atoms with Crippen LogP contribution >= 0.6 is 11.6 Å². The highest BCUT2D eigenvalue weighted by Crippen LogP contribution is 2.37. The van der Waals surface area contributed by atoms with Crippen molar-refractivity contribution >= 4 is 32.2 Å². The second-order valence-electron chi connectivity index (χ2n) is 7.15. The van der Waals surface area contributed by atoms with E-state index in [9.17, 15) is 8.42 Å². The Bertz CT molecular complexity index is 1020. The number of fused-ring (bicyclic) bond motifs is 1. The lowest BCUT2D eigenvalue weighted by Gasteiger charge is -2.25. The predicted molar refractivity (Wildman–Crippen MR) is 110 cm³/mol. The summed E-state index contributed by atoms with van der Waals surface area (Å²) in [5, 5.41) is 5.06. The molecular formula is C18H24ClN5O3S. The summed E-state index contributed by atoms with van der Waals surface area (Å²) in [6, 6.07) is 1.69. The maximum atomic E-state index is 11.7. The summed E-state index contributed by atoms with van der Waals surface area (Å²) in [6.45, 7) is 7.19. The Labute approximate surface area is 169 Å². The normalized spacial score (nSPS) is 16.1. The van der Waals surface area contributed by atoms with Gasteiger partial charge in [-0.1, -0.05) is 23.6 Å². The van der Waals surface area contributed by atoms with Gasteiger partial charge in [-0.05, 0) is 49.7 Å². The summed E-state index contributed by atoms with van der Waals surface area (Å²) >= 11 is 6.10. The Morgan fingerprint density at radius 1 is 1.32 bits per heavy atom. The van der Waals surface area contributed by atoms with Crippen LogP contribution in [0.2, 0.25) is 5.15 Å². The first-order valence-electron chi connectivity index (χ1n) is 8.88. The van der Waals surface area contributed by atoms with Crippen LogP contribution in [0, 0.1) is 0 Å². The molecule has 8 nitrogen and oxygen atoms in total. The Morgan fingerprint density at radius 2 is 2.00 bits per heavy atom. The van der Waals surface area contributed by atoms with Crippen LogP contribution in [0.5, 0.6) is 5.88 Å². The number of nitrogens with zero attached hydrogens (tertiary/aromatic N) is 5. The number of hydrogen-bond donors (Lipinski definition) is 0. The van der Waals surface area contributed by atoms with E-state index in [1.165, 1.54) is 6.26 Å². The molecule has 0 radical (unpaired) electrons. The van der Waals surface area contributed by atoms with E-state index in [2.05, 4.69) is 20.0 Å². The van der Waals surface area contributed by atoms with Crippen LogP contribution in [0.4, 0.5) is 0 Å². The van der Waals surface area contributed by atoms with Gasteiger partial charge in [0.05, 0.1) is 22.3 Å². The lowest BCUT2D eigenvalue weighted by atomic mass is 9.88. The summed E-state index contributed by atoms with van der Waals surface area (Å²) in [5.41, 5.74) is 8.88. The van der Waals surface area contributed by atoms with Crippen LogP contribution < -0.4 is 4.74 Å². The Balaban J connectivity index is 2.50. The molecule has 0 saturated heterocycles. The van der Waals surface area contributed by atoms with Gasteiger partial charge in [0.25, 0.3) is 0 Å². The van der Waals surface area contributed by atoms with Crippen LogP contribution in [0.3, 0.4) is 0 Å². The molecule has 0 aliphatic heterocycles. The number of aromatic nitrogens is 2. The number of sulfone groups is 1. The van der Waals surface area contributed by atoms with Gasteiger partial charge in [-0.3, -0.25) is 0 Å². The highest BCUT2D eigenvalue weighted by atomic mass is 35.5. The summed E-state index contributed by atoms with van der Waals surface area (Å²) < 4.78 is 29.3. The van der Waals surface area contributed by atoms with Gasteiger partial charge in [-0.25, -0.2) is 18.4 Å². The minimum atomic E-state index is -3.15. The van der Waals surface area contributed by atoms with Crippen molar-refractivity contribution in [3.05, 3.63) is 39.6 Å². The Kier molecular flexibility index (Phi) is 6.75. The molecule has 0 amide bonds. The van der Waals surface area contributed by atoms with E-state index < -0.39 is 20.6 Å². The van der Waals surface area contributed by atoms with Crippen LogP contribution in [-0.4, -0.2) is 36.0 Å². The minimum absolute atomic E-state index is 0.295. The summed E-state index contributed by atoms with van der Waals surface area (Å²) in [5.74, 6) is 0.329. The summed E-state index contributed by atoms with van der Waals surface area (Å²) in [7, 11) is -3.15. The van der Waals surface area contributed by atoms with E-state index in [4.69, 9.17) is 21.9 Å². The molecule has 2 aromatic rings. The molecule has 0 bridgehead atoms. The average molecular weight is 426 g/mol. The molecule has 0 saturated carbocycles. The SMILES string of the molecule is CC[C@@](C)(N=[N+]=[N-])c1cnc(O[C@H](C)C[C@@H](C)S(C)(=O)=O)c2cnc(Cl)cc12. The number of hydrogen-bond acceptors (Lipinski definition) is 6. The Morgan fingerprint density at radius 3 is 2.57 bits per heavy atom. The smallest absolute Gasteiger partial charge is 0.223 e. The monoisotopic (exact) mass is 425 g/mol. The van der Waals surface area contributed by atoms with Gasteiger partial charge in [0, 0.05) is 30.0 Å². The largest absolute Gasteiger partial charge is 0.474 e. The molecule has 0 aliphatic rings. The van der Waals surface area contributed by atoms with Crippen LogP contribution in [0.25, 0.3) is 21.2 Å². The first-order chi connectivity index (χ1) is 13.0. The van der Waals surface area contributed by atoms with E-state index >= 15 is 0 Å². The van der Waals surface area contributed by atoms with Gasteiger partial charge in [-0.2, -0.15) is 0 Å². The molecule has 2 aromatic heterocycles. The van der Waals surface area contributed by atoms with Crippen molar-refractivity contribution in [3.8, 4) is 5.88 Å². The van der Waals surface area contributed by atoms with Crippen molar-refractivity contribution in [2.45, 2.75) is 57.4 Å². The van der Waals surface area contributed by atoms with Crippen molar-refractivity contribution in [1.82, 2.24) is 9.97 Å². The number of pyridine rings is 2. The Hall–Kier alpha value is -2.09. The fraction of sp³-hybridized carbons (Fsp3) is 0.556. The third-order valence-electron chi connectivity index (χ3n) is 4.94. The maximum absolute atomic E-state index is 11.7. The average Bonchev–Trinajstić information content (AvgIpc) is 2.60. The molecule has 2 heterocycles. The van der Waals surface area contributed by atoms with Crippen LogP contribution in [0.1, 0.15) is 46.1 Å². The number of ether oxygens (including phenoxy) is 1. The zero-order valence-electron chi connectivity index (χ0n) is 16.5. The molecule has 10 heteroatoms. The van der Waals surface area contributed by atoms with Crippen LogP contribution in [0.15, 0.2) is 23.6 Å². The van der Waals surface area contributed by atoms with Gasteiger partial charge >= 0.3 is 0 Å². The van der Waals surface area contributed by atoms with Crippen molar-refractivity contribution in [2.75, 3.05) is 6.26 Å². The lowest BCUT2D eigenvalue weighted by molar-refractivity contribution is 0.205. The molecule has 28 heavy (non-hydrogen) atoms. The third kappa shape index (κ3) is 4.84. The van der Waals surface area contributed by atoms with E-state index in [1.54, 1.807) is 32.3 Å². The van der Waals surface area contributed by atoms with Crippen molar-refractivity contribution < 1.29 is 13.2 Å². The topological polar surface area (TPSA) is 118 Å². The number of azide groups is 1. The fourth-order valence-electron chi connectivity index (χ4n) is 2.90. The standard InChI is InChI=1S/C18H24ClN5O3S/c1-6-18(4,23-24-20)15-10-22-17(14-9-21-16(19)8-13(14)15)27-11(2)7-12(3)28(5,25)26/h8-12H,6-7H2,1-5H3/t11-,12-,18-/m1/s1. The fourth-order valence-corrected chi connectivity index (χ4v) is 3.68. The van der Waals surface area contributed by atoms with Crippen molar-refractivity contribution in [3.63, 3.8) is 0 Å². The van der Waals surface area contributed by atoms with E-state index in [0.717, 1.165) is 10.9 Å². The molecule has 0 aliphatic carbocycles. The molecule has 0 aromatic carbocycles. The number of halogens is 1. The lowest BCUT2D eigenvalue weighted by Crippen LogP contribution is -2.25. The van der Waals surface area contributed by atoms with Gasteiger partial charge in [0.1, 0.15) is 15.0 Å². The van der Waals surface area contributed by atoms with Crippen molar-refractivity contribution in [2.24, 2.45) is 5.11 Å². The van der Waals surface area contributed by atoms with Crippen LogP contribution in [-0.2, 0) is 15.4 Å². The molecule has 0 N–H and O–H groups in total. The predicted octanol–water partition coefficient (Wildman–Crippen LogP) is 4.81. The van der Waals surface area contributed by atoms with Gasteiger partial charge in [0.2, 0.25) is 5.88 Å². The van der Waals surface area contributed by atoms with E-state index in [1.807, 2.05) is 13.8 Å². The second-order valence-corrected chi connectivity index (χ2v) is 10.0. The first kappa shape index (κ1) is 22.2. The second kappa shape index (κ2) is 8.51.